The first kappa shape index (κ1) is 20.8. The molecule has 1 spiro atoms. The Morgan fingerprint density at radius 3 is 2.73 bits per heavy atom. The van der Waals surface area contributed by atoms with E-state index in [-0.39, 0.29) is 29.2 Å². The van der Waals surface area contributed by atoms with Crippen LogP contribution in [0.15, 0.2) is 22.7 Å². The minimum Gasteiger partial charge on any atom is -0.339 e. The molecule has 0 radical (unpaired) electrons. The second-order valence-electron chi connectivity index (χ2n) is 9.11. The lowest BCUT2D eigenvalue weighted by atomic mass is 9.76. The van der Waals surface area contributed by atoms with Gasteiger partial charge < -0.3 is 14.7 Å². The zero-order valence-electron chi connectivity index (χ0n) is 18.1. The molecule has 0 bridgehead atoms. The highest BCUT2D eigenvalue weighted by molar-refractivity contribution is 5.90. The molecule has 1 atom stereocenters. The summed E-state index contributed by atoms with van der Waals surface area (Å²) in [7, 11) is 2.11. The highest BCUT2D eigenvalue weighted by atomic mass is 19.1. The fourth-order valence-corrected chi connectivity index (χ4v) is 4.66. The summed E-state index contributed by atoms with van der Waals surface area (Å²) in [5.74, 6) is 1.35. The van der Waals surface area contributed by atoms with Gasteiger partial charge in [-0.2, -0.15) is 4.98 Å². The second kappa shape index (κ2) is 7.98. The quantitative estimate of drug-likeness (QED) is 0.808. The van der Waals surface area contributed by atoms with Crippen LogP contribution in [-0.2, 0) is 0 Å². The maximum atomic E-state index is 13.7. The molecule has 3 heterocycles. The number of anilines is 1. The zero-order chi connectivity index (χ0) is 21.5. The fraction of sp³-hybridized carbons (Fsp3) is 0.591. The van der Waals surface area contributed by atoms with Crippen LogP contribution in [0.1, 0.15) is 62.3 Å². The number of carbonyl (C=O) groups is 1. The summed E-state index contributed by atoms with van der Waals surface area (Å²) < 4.78 is 19.2. The maximum absolute atomic E-state index is 13.7. The van der Waals surface area contributed by atoms with E-state index in [1.54, 1.807) is 19.1 Å². The number of likely N-dealkylation sites (tertiary alicyclic amines) is 2. The largest absolute Gasteiger partial charge is 0.339 e. The van der Waals surface area contributed by atoms with Crippen molar-refractivity contribution in [2.24, 2.45) is 5.41 Å². The Hall–Kier alpha value is -2.48. The molecule has 4 rings (SSSR count). The number of halogens is 1. The Morgan fingerprint density at radius 1 is 1.33 bits per heavy atom. The zero-order valence-corrected chi connectivity index (χ0v) is 18.1. The number of urea groups is 1. The van der Waals surface area contributed by atoms with Crippen molar-refractivity contribution in [3.8, 4) is 0 Å². The van der Waals surface area contributed by atoms with Crippen molar-refractivity contribution in [3.05, 3.63) is 41.3 Å². The summed E-state index contributed by atoms with van der Waals surface area (Å²) in [6.07, 6.45) is 2.83. The lowest BCUT2D eigenvalue weighted by Gasteiger charge is -2.39. The first-order valence-corrected chi connectivity index (χ1v) is 10.6. The molecule has 1 unspecified atom stereocenters. The van der Waals surface area contributed by atoms with Crippen LogP contribution >= 0.6 is 0 Å². The number of amides is 2. The summed E-state index contributed by atoms with van der Waals surface area (Å²) >= 11 is 0. The van der Waals surface area contributed by atoms with Gasteiger partial charge in [-0.15, -0.1) is 0 Å². The van der Waals surface area contributed by atoms with Crippen molar-refractivity contribution in [3.63, 3.8) is 0 Å². The summed E-state index contributed by atoms with van der Waals surface area (Å²) in [6, 6.07) is 4.73. The van der Waals surface area contributed by atoms with Gasteiger partial charge in [0.05, 0.1) is 6.04 Å². The molecule has 30 heavy (non-hydrogen) atoms. The highest BCUT2D eigenvalue weighted by Gasteiger charge is 2.46. The number of nitrogens with zero attached hydrogens (tertiary/aromatic N) is 4. The molecule has 162 valence electrons. The van der Waals surface area contributed by atoms with Gasteiger partial charge in [-0.05, 0) is 50.8 Å². The molecule has 1 aromatic heterocycles. The summed E-state index contributed by atoms with van der Waals surface area (Å²) in [4.78, 5) is 21.4. The van der Waals surface area contributed by atoms with Gasteiger partial charge in [0.15, 0.2) is 5.82 Å². The van der Waals surface area contributed by atoms with Gasteiger partial charge in [0.25, 0.3) is 0 Å². The molecule has 2 fully saturated rings. The van der Waals surface area contributed by atoms with Crippen LogP contribution < -0.4 is 5.32 Å². The third kappa shape index (κ3) is 3.93. The predicted molar refractivity (Wildman–Crippen MR) is 112 cm³/mol. The van der Waals surface area contributed by atoms with Crippen molar-refractivity contribution in [1.82, 2.24) is 19.9 Å². The van der Waals surface area contributed by atoms with Crippen molar-refractivity contribution in [2.45, 2.75) is 52.0 Å². The Kier molecular flexibility index (Phi) is 5.53. The first-order chi connectivity index (χ1) is 14.3. The molecular formula is C22H30FN5O2. The molecular weight excluding hydrogens is 385 g/mol. The smallest absolute Gasteiger partial charge is 0.321 e. The van der Waals surface area contributed by atoms with E-state index in [1.807, 2.05) is 18.7 Å². The van der Waals surface area contributed by atoms with Gasteiger partial charge in [-0.3, -0.25) is 4.90 Å². The first-order valence-electron chi connectivity index (χ1n) is 10.6. The average molecular weight is 416 g/mol. The molecule has 0 aliphatic carbocycles. The van der Waals surface area contributed by atoms with Crippen LogP contribution in [0.4, 0.5) is 14.9 Å². The number of hydrogen-bond donors (Lipinski definition) is 1. The van der Waals surface area contributed by atoms with E-state index in [9.17, 15) is 9.18 Å². The van der Waals surface area contributed by atoms with Crippen LogP contribution in [0.3, 0.4) is 0 Å². The molecule has 7 nitrogen and oxygen atoms in total. The Morgan fingerprint density at radius 2 is 2.07 bits per heavy atom. The summed E-state index contributed by atoms with van der Waals surface area (Å²) in [6.45, 7) is 8.09. The maximum Gasteiger partial charge on any atom is 0.321 e. The number of carbonyl (C=O) groups excluding carboxylic acids is 1. The van der Waals surface area contributed by atoms with E-state index < -0.39 is 0 Å². The molecule has 0 saturated carbocycles. The monoisotopic (exact) mass is 415 g/mol. The standard InChI is InChI=1S/C22H30FN5O2/c1-14(2)20-25-19(26-30-20)18-12-22(13-27(18)4)8-10-28(11-9-22)21(29)24-17-7-5-6-16(23)15(17)3/h5-7,14,18H,8-13H2,1-4H3,(H,24,29). The van der Waals surface area contributed by atoms with Crippen LogP contribution in [0, 0.1) is 18.2 Å². The van der Waals surface area contributed by atoms with Crippen molar-refractivity contribution >= 4 is 11.7 Å². The number of aromatic nitrogens is 2. The molecule has 2 aromatic rings. The third-order valence-electron chi connectivity index (χ3n) is 6.61. The van der Waals surface area contributed by atoms with E-state index in [0.717, 1.165) is 31.6 Å². The molecule has 1 aromatic carbocycles. The fourth-order valence-electron chi connectivity index (χ4n) is 4.66. The summed E-state index contributed by atoms with van der Waals surface area (Å²) in [5, 5.41) is 7.08. The third-order valence-corrected chi connectivity index (χ3v) is 6.61. The molecule has 2 aliphatic heterocycles. The van der Waals surface area contributed by atoms with E-state index in [0.29, 0.717) is 30.2 Å². The Labute approximate surface area is 176 Å². The van der Waals surface area contributed by atoms with Gasteiger partial charge in [-0.1, -0.05) is 25.1 Å². The van der Waals surface area contributed by atoms with Crippen molar-refractivity contribution in [2.75, 3.05) is 32.0 Å². The SMILES string of the molecule is Cc1c(F)cccc1NC(=O)N1CCC2(CC1)CC(c1noc(C(C)C)n1)N(C)C2. The van der Waals surface area contributed by atoms with Crippen LogP contribution in [0.2, 0.25) is 0 Å². The minimum atomic E-state index is -0.312. The lowest BCUT2D eigenvalue weighted by molar-refractivity contribution is 0.128. The van der Waals surface area contributed by atoms with Crippen LogP contribution in [0.25, 0.3) is 0 Å². The van der Waals surface area contributed by atoms with Crippen molar-refractivity contribution in [1.29, 1.82) is 0 Å². The van der Waals surface area contributed by atoms with Gasteiger partial charge in [-0.25, -0.2) is 9.18 Å². The number of hydrogen-bond acceptors (Lipinski definition) is 5. The second-order valence-corrected chi connectivity index (χ2v) is 9.11. The van der Waals surface area contributed by atoms with Gasteiger partial charge in [0.1, 0.15) is 5.82 Å². The van der Waals surface area contributed by atoms with E-state index in [1.165, 1.54) is 6.07 Å². The van der Waals surface area contributed by atoms with E-state index in [4.69, 9.17) is 4.52 Å². The van der Waals surface area contributed by atoms with E-state index in [2.05, 4.69) is 27.4 Å². The average Bonchev–Trinajstić information content (AvgIpc) is 3.31. The van der Waals surface area contributed by atoms with E-state index >= 15 is 0 Å². The van der Waals surface area contributed by atoms with Gasteiger partial charge in [0, 0.05) is 36.8 Å². The van der Waals surface area contributed by atoms with Crippen LogP contribution in [0.5, 0.6) is 0 Å². The number of nitrogens with one attached hydrogen (secondary N) is 1. The molecule has 2 saturated heterocycles. The number of rotatable bonds is 3. The molecule has 8 heteroatoms. The van der Waals surface area contributed by atoms with Crippen molar-refractivity contribution < 1.29 is 13.7 Å². The van der Waals surface area contributed by atoms with Crippen LogP contribution in [-0.4, -0.2) is 52.7 Å². The Bertz CT molecular complexity index is 920. The van der Waals surface area contributed by atoms with Gasteiger partial charge >= 0.3 is 6.03 Å². The normalized spacial score (nSPS) is 21.5. The number of benzene rings is 1. The van der Waals surface area contributed by atoms with Gasteiger partial charge in [0.2, 0.25) is 5.89 Å². The minimum absolute atomic E-state index is 0.150. The molecule has 2 amide bonds. The highest BCUT2D eigenvalue weighted by Crippen LogP contribution is 2.47. The lowest BCUT2D eigenvalue weighted by Crippen LogP contribution is -2.45. The summed E-state index contributed by atoms with van der Waals surface area (Å²) in [5.41, 5.74) is 1.14. The number of piperidine rings is 1. The topological polar surface area (TPSA) is 74.5 Å². The predicted octanol–water partition coefficient (Wildman–Crippen LogP) is 4.33. The Balaban J connectivity index is 1.37. The molecule has 1 N–H and O–H groups in total. The molecule has 2 aliphatic rings.